The molecule has 0 N–H and O–H groups in total. The van der Waals surface area contributed by atoms with Gasteiger partial charge in [0, 0.05) is 44.8 Å². The SMILES string of the molecule is CCC(C)C1CCC(N2CCN(CC3CCN(C(C)C)CC3)CC2)CC1. The Bertz CT molecular complexity index is 386. The van der Waals surface area contributed by atoms with Gasteiger partial charge in [-0.1, -0.05) is 20.3 Å². The van der Waals surface area contributed by atoms with Crippen molar-refractivity contribution in [3.05, 3.63) is 0 Å². The van der Waals surface area contributed by atoms with E-state index in [1.165, 1.54) is 90.8 Å². The predicted octanol–water partition coefficient (Wildman–Crippen LogP) is 4.33. The van der Waals surface area contributed by atoms with Crippen LogP contribution < -0.4 is 0 Å². The van der Waals surface area contributed by atoms with Gasteiger partial charge in [0.2, 0.25) is 0 Å². The molecule has 3 aliphatic rings. The second-order valence-corrected chi connectivity index (χ2v) is 9.86. The van der Waals surface area contributed by atoms with Gasteiger partial charge in [0.15, 0.2) is 0 Å². The number of nitrogens with zero attached hydrogens (tertiary/aromatic N) is 3. The molecule has 2 saturated heterocycles. The molecule has 1 aliphatic carbocycles. The maximum Gasteiger partial charge on any atom is 0.0113 e. The van der Waals surface area contributed by atoms with Crippen LogP contribution in [0.5, 0.6) is 0 Å². The number of piperidine rings is 1. The molecule has 0 spiro atoms. The molecule has 152 valence electrons. The summed E-state index contributed by atoms with van der Waals surface area (Å²) in [5.41, 5.74) is 0. The number of rotatable bonds is 6. The minimum Gasteiger partial charge on any atom is -0.301 e. The molecular formula is C23H45N3. The Kier molecular flexibility index (Phi) is 7.84. The number of likely N-dealkylation sites (tertiary alicyclic amines) is 1. The van der Waals surface area contributed by atoms with Gasteiger partial charge >= 0.3 is 0 Å². The first-order valence-electron chi connectivity index (χ1n) is 11.8. The third kappa shape index (κ3) is 5.45. The van der Waals surface area contributed by atoms with Gasteiger partial charge in [0.1, 0.15) is 0 Å². The second-order valence-electron chi connectivity index (χ2n) is 9.86. The minimum atomic E-state index is 0.731. The molecule has 3 fully saturated rings. The molecule has 1 unspecified atom stereocenters. The largest absolute Gasteiger partial charge is 0.301 e. The van der Waals surface area contributed by atoms with Crippen molar-refractivity contribution in [2.75, 3.05) is 45.8 Å². The van der Waals surface area contributed by atoms with E-state index in [4.69, 9.17) is 0 Å². The average molecular weight is 364 g/mol. The zero-order valence-corrected chi connectivity index (χ0v) is 18.1. The summed E-state index contributed by atoms with van der Waals surface area (Å²) >= 11 is 0. The van der Waals surface area contributed by atoms with E-state index in [0.29, 0.717) is 0 Å². The number of hydrogen-bond donors (Lipinski definition) is 0. The highest BCUT2D eigenvalue weighted by Gasteiger charge is 2.30. The fourth-order valence-corrected chi connectivity index (χ4v) is 5.70. The molecule has 0 amide bonds. The third-order valence-corrected chi connectivity index (χ3v) is 8.01. The van der Waals surface area contributed by atoms with Gasteiger partial charge in [-0.2, -0.15) is 0 Å². The van der Waals surface area contributed by atoms with Crippen molar-refractivity contribution in [3.8, 4) is 0 Å². The molecule has 26 heavy (non-hydrogen) atoms. The maximum absolute atomic E-state index is 2.84. The van der Waals surface area contributed by atoms with Crippen LogP contribution in [0.2, 0.25) is 0 Å². The molecular weight excluding hydrogens is 318 g/mol. The summed E-state index contributed by atoms with van der Waals surface area (Å²) < 4.78 is 0. The van der Waals surface area contributed by atoms with Crippen molar-refractivity contribution in [2.24, 2.45) is 17.8 Å². The van der Waals surface area contributed by atoms with Crippen LogP contribution in [0.4, 0.5) is 0 Å². The highest BCUT2D eigenvalue weighted by Crippen LogP contribution is 2.34. The van der Waals surface area contributed by atoms with E-state index in [0.717, 1.165) is 29.8 Å². The molecule has 1 atom stereocenters. The normalized spacial score (nSPS) is 32.2. The Morgan fingerprint density at radius 1 is 0.769 bits per heavy atom. The minimum absolute atomic E-state index is 0.731. The maximum atomic E-state index is 2.84. The van der Waals surface area contributed by atoms with E-state index < -0.39 is 0 Å². The number of hydrogen-bond acceptors (Lipinski definition) is 3. The summed E-state index contributed by atoms with van der Waals surface area (Å²) in [6, 6.07) is 1.63. The van der Waals surface area contributed by atoms with Crippen LogP contribution >= 0.6 is 0 Å². The lowest BCUT2D eigenvalue weighted by atomic mass is 9.77. The van der Waals surface area contributed by atoms with Crippen molar-refractivity contribution < 1.29 is 0 Å². The van der Waals surface area contributed by atoms with Gasteiger partial charge in [-0.3, -0.25) is 4.90 Å². The predicted molar refractivity (Wildman–Crippen MR) is 113 cm³/mol. The van der Waals surface area contributed by atoms with Crippen LogP contribution in [-0.4, -0.2) is 72.6 Å². The highest BCUT2D eigenvalue weighted by atomic mass is 15.3. The van der Waals surface area contributed by atoms with E-state index >= 15 is 0 Å². The van der Waals surface area contributed by atoms with Crippen molar-refractivity contribution in [1.29, 1.82) is 0 Å². The van der Waals surface area contributed by atoms with E-state index in [1.54, 1.807) is 0 Å². The fourth-order valence-electron chi connectivity index (χ4n) is 5.70. The standard InChI is InChI=1S/C23H45N3/c1-5-20(4)22-6-8-23(9-7-22)26-16-14-24(15-17-26)18-21-10-12-25(13-11-21)19(2)3/h19-23H,5-18H2,1-4H3. The van der Waals surface area contributed by atoms with Crippen molar-refractivity contribution in [3.63, 3.8) is 0 Å². The Labute approximate surface area is 163 Å². The van der Waals surface area contributed by atoms with Crippen molar-refractivity contribution in [2.45, 2.75) is 84.7 Å². The van der Waals surface area contributed by atoms with E-state index in [2.05, 4.69) is 42.4 Å². The smallest absolute Gasteiger partial charge is 0.0113 e. The van der Waals surface area contributed by atoms with Gasteiger partial charge in [0.25, 0.3) is 0 Å². The van der Waals surface area contributed by atoms with Gasteiger partial charge in [-0.25, -0.2) is 0 Å². The Morgan fingerprint density at radius 3 is 1.92 bits per heavy atom. The van der Waals surface area contributed by atoms with Crippen LogP contribution in [0.15, 0.2) is 0 Å². The first-order chi connectivity index (χ1) is 12.6. The van der Waals surface area contributed by atoms with Gasteiger partial charge in [-0.15, -0.1) is 0 Å². The zero-order valence-electron chi connectivity index (χ0n) is 18.1. The zero-order chi connectivity index (χ0) is 18.5. The van der Waals surface area contributed by atoms with E-state index in [9.17, 15) is 0 Å². The Balaban J connectivity index is 1.34. The summed E-state index contributed by atoms with van der Waals surface area (Å²) in [7, 11) is 0. The average Bonchev–Trinajstić information content (AvgIpc) is 2.68. The lowest BCUT2D eigenvalue weighted by Crippen LogP contribution is -2.52. The molecule has 2 heterocycles. The topological polar surface area (TPSA) is 9.72 Å². The van der Waals surface area contributed by atoms with Crippen LogP contribution in [0.3, 0.4) is 0 Å². The van der Waals surface area contributed by atoms with Crippen molar-refractivity contribution >= 4 is 0 Å². The highest BCUT2D eigenvalue weighted by molar-refractivity contribution is 4.85. The quantitative estimate of drug-likeness (QED) is 0.695. The molecule has 3 heteroatoms. The van der Waals surface area contributed by atoms with Crippen molar-refractivity contribution in [1.82, 2.24) is 14.7 Å². The molecule has 0 aromatic rings. The second kappa shape index (κ2) is 9.89. The Hall–Kier alpha value is -0.120. The summed E-state index contributed by atoms with van der Waals surface area (Å²) in [6.07, 6.45) is 10.1. The molecule has 3 nitrogen and oxygen atoms in total. The molecule has 3 rings (SSSR count). The summed E-state index contributed by atoms with van der Waals surface area (Å²) in [5.74, 6) is 2.90. The lowest BCUT2D eigenvalue weighted by molar-refractivity contribution is 0.0491. The van der Waals surface area contributed by atoms with Crippen LogP contribution in [0.1, 0.15) is 72.6 Å². The summed E-state index contributed by atoms with van der Waals surface area (Å²) in [6.45, 7) is 18.8. The van der Waals surface area contributed by atoms with Crippen LogP contribution in [-0.2, 0) is 0 Å². The monoisotopic (exact) mass is 363 g/mol. The molecule has 0 bridgehead atoms. The fraction of sp³-hybridized carbons (Fsp3) is 1.00. The Morgan fingerprint density at radius 2 is 1.38 bits per heavy atom. The third-order valence-electron chi connectivity index (χ3n) is 8.01. The van der Waals surface area contributed by atoms with Gasteiger partial charge in [-0.05, 0) is 83.2 Å². The summed E-state index contributed by atoms with van der Waals surface area (Å²) in [4.78, 5) is 8.27. The van der Waals surface area contributed by atoms with Gasteiger partial charge < -0.3 is 9.80 Å². The molecule has 0 aromatic heterocycles. The first kappa shape index (κ1) is 20.6. The molecule has 0 radical (unpaired) electrons. The molecule has 1 saturated carbocycles. The van der Waals surface area contributed by atoms with Crippen LogP contribution in [0, 0.1) is 17.8 Å². The first-order valence-corrected chi connectivity index (χ1v) is 11.8. The van der Waals surface area contributed by atoms with E-state index in [1.807, 2.05) is 0 Å². The molecule has 2 aliphatic heterocycles. The van der Waals surface area contributed by atoms with Crippen LogP contribution in [0.25, 0.3) is 0 Å². The summed E-state index contributed by atoms with van der Waals surface area (Å²) in [5, 5.41) is 0. The number of piperazine rings is 1. The molecule has 0 aromatic carbocycles. The van der Waals surface area contributed by atoms with Gasteiger partial charge in [0.05, 0.1) is 0 Å². The van der Waals surface area contributed by atoms with E-state index in [-0.39, 0.29) is 0 Å². The lowest BCUT2D eigenvalue weighted by Gasteiger charge is -2.44.